The van der Waals surface area contributed by atoms with Crippen LogP contribution in [0.4, 0.5) is 8.78 Å². The summed E-state index contributed by atoms with van der Waals surface area (Å²) in [4.78, 5) is 0. The van der Waals surface area contributed by atoms with Gasteiger partial charge in [-0.3, -0.25) is 0 Å². The zero-order valence-electron chi connectivity index (χ0n) is 13.0. The molecule has 0 N–H and O–H groups in total. The molecule has 0 aliphatic heterocycles. The van der Waals surface area contributed by atoms with Crippen molar-refractivity contribution < 1.29 is 13.5 Å². The largest absolute Gasteiger partial charge is 0.380 e. The van der Waals surface area contributed by atoms with E-state index in [1.54, 1.807) is 14.0 Å². The molecule has 21 heavy (non-hydrogen) atoms. The number of benzene rings is 1. The van der Waals surface area contributed by atoms with E-state index in [-0.39, 0.29) is 17.6 Å². The van der Waals surface area contributed by atoms with Gasteiger partial charge in [-0.05, 0) is 42.7 Å². The van der Waals surface area contributed by atoms with Crippen LogP contribution in [0.1, 0.15) is 37.8 Å². The van der Waals surface area contributed by atoms with Crippen molar-refractivity contribution in [1.82, 2.24) is 0 Å². The Labute approximate surface area is 125 Å². The fourth-order valence-electron chi connectivity index (χ4n) is 2.03. The average molecular weight is 292 g/mol. The minimum atomic E-state index is -0.370. The normalized spacial score (nSPS) is 15.2. The zero-order chi connectivity index (χ0) is 15.8. The van der Waals surface area contributed by atoms with Crippen molar-refractivity contribution in [3.05, 3.63) is 70.8 Å². The van der Waals surface area contributed by atoms with Crippen molar-refractivity contribution >= 4 is 0 Å². The van der Waals surface area contributed by atoms with Crippen LogP contribution in [-0.4, -0.2) is 7.11 Å². The third kappa shape index (κ3) is 5.64. The van der Waals surface area contributed by atoms with Crippen LogP contribution in [0.3, 0.4) is 0 Å². The molecule has 0 saturated heterocycles. The van der Waals surface area contributed by atoms with Crippen LogP contribution in [0.2, 0.25) is 0 Å². The molecule has 1 aromatic carbocycles. The van der Waals surface area contributed by atoms with Crippen molar-refractivity contribution in [2.45, 2.75) is 33.3 Å². The van der Waals surface area contributed by atoms with Crippen LogP contribution in [-0.2, 0) is 11.3 Å². The van der Waals surface area contributed by atoms with Gasteiger partial charge in [0.05, 0.1) is 12.4 Å². The Morgan fingerprint density at radius 2 is 1.81 bits per heavy atom. The van der Waals surface area contributed by atoms with Crippen molar-refractivity contribution in [2.24, 2.45) is 0 Å². The number of halogens is 2. The lowest BCUT2D eigenvalue weighted by molar-refractivity contribution is 0.185. The lowest BCUT2D eigenvalue weighted by Crippen LogP contribution is -1.98. The number of hydrogen-bond donors (Lipinski definition) is 0. The third-order valence-corrected chi connectivity index (χ3v) is 3.24. The first-order valence-corrected chi connectivity index (χ1v) is 6.93. The van der Waals surface area contributed by atoms with Crippen LogP contribution >= 0.6 is 0 Å². The number of methoxy groups -OCH3 is 1. The summed E-state index contributed by atoms with van der Waals surface area (Å²) in [5.74, 6) is -0.809. The first-order chi connectivity index (χ1) is 9.97. The number of ether oxygens (including phenoxy) is 1. The monoisotopic (exact) mass is 292 g/mol. The summed E-state index contributed by atoms with van der Waals surface area (Å²) in [6, 6.07) is 7.85. The highest BCUT2D eigenvalue weighted by atomic mass is 19.1. The summed E-state index contributed by atoms with van der Waals surface area (Å²) < 4.78 is 31.8. The van der Waals surface area contributed by atoms with Gasteiger partial charge in [0.1, 0.15) is 5.83 Å². The van der Waals surface area contributed by atoms with Crippen LogP contribution in [0.15, 0.2) is 59.7 Å². The highest BCUT2D eigenvalue weighted by Gasteiger charge is 2.11. The molecule has 0 spiro atoms. The number of allylic oxidation sites excluding steroid dienone is 6. The molecule has 114 valence electrons. The van der Waals surface area contributed by atoms with Gasteiger partial charge in [0, 0.05) is 13.0 Å². The van der Waals surface area contributed by atoms with Crippen molar-refractivity contribution in [1.29, 1.82) is 0 Å². The smallest absolute Gasteiger partial charge is 0.119 e. The minimum Gasteiger partial charge on any atom is -0.380 e. The van der Waals surface area contributed by atoms with Crippen LogP contribution in [0, 0.1) is 0 Å². The third-order valence-electron chi connectivity index (χ3n) is 3.24. The Morgan fingerprint density at radius 3 is 2.29 bits per heavy atom. The Kier molecular flexibility index (Phi) is 7.03. The zero-order valence-corrected chi connectivity index (χ0v) is 13.0. The lowest BCUT2D eigenvalue weighted by Gasteiger charge is -2.14. The predicted octanol–water partition coefficient (Wildman–Crippen LogP) is 5.61. The van der Waals surface area contributed by atoms with Gasteiger partial charge in [-0.1, -0.05) is 37.3 Å². The van der Waals surface area contributed by atoms with E-state index in [1.807, 2.05) is 31.2 Å². The molecular formula is C18H22F2O. The molecule has 1 aromatic rings. The lowest BCUT2D eigenvalue weighted by atomic mass is 9.91. The van der Waals surface area contributed by atoms with Crippen molar-refractivity contribution in [3.63, 3.8) is 0 Å². The molecule has 3 heteroatoms. The van der Waals surface area contributed by atoms with Crippen molar-refractivity contribution in [3.8, 4) is 0 Å². The maximum Gasteiger partial charge on any atom is 0.119 e. The molecule has 0 fully saturated rings. The summed E-state index contributed by atoms with van der Waals surface area (Å²) in [5.41, 5.74) is 2.67. The van der Waals surface area contributed by atoms with E-state index in [0.717, 1.165) is 11.1 Å². The molecule has 1 atom stereocenters. The summed E-state index contributed by atoms with van der Waals surface area (Å²) in [6.07, 6.45) is 4.10. The quantitative estimate of drug-likeness (QED) is 0.619. The molecule has 1 rings (SSSR count). The maximum atomic E-state index is 13.5. The standard InChI is InChI=1S/C18H22F2O/c1-5-18(20)11-17(10-13(2)19)14(3)16-8-6-15(7-9-16)12-21-4/h5-11,14H,12H2,1-4H3/b13-10+,17-11+,18-5-/t14-/m1/s1. The van der Waals surface area contributed by atoms with Gasteiger partial charge < -0.3 is 4.74 Å². The van der Waals surface area contributed by atoms with Gasteiger partial charge in [-0.2, -0.15) is 0 Å². The highest BCUT2D eigenvalue weighted by molar-refractivity contribution is 5.39. The topological polar surface area (TPSA) is 9.23 Å². The molecule has 0 aliphatic carbocycles. The van der Waals surface area contributed by atoms with E-state index in [9.17, 15) is 8.78 Å². The Balaban J connectivity index is 3.07. The fourth-order valence-corrected chi connectivity index (χ4v) is 2.03. The van der Waals surface area contributed by atoms with Gasteiger partial charge in [0.25, 0.3) is 0 Å². The maximum absolute atomic E-state index is 13.5. The first-order valence-electron chi connectivity index (χ1n) is 6.93. The molecular weight excluding hydrogens is 270 g/mol. The molecule has 0 saturated carbocycles. The summed E-state index contributed by atoms with van der Waals surface area (Å²) in [7, 11) is 1.64. The Bertz CT molecular complexity index is 535. The molecule has 0 aromatic heterocycles. The molecule has 0 amide bonds. The molecule has 0 unspecified atom stereocenters. The highest BCUT2D eigenvalue weighted by Crippen LogP contribution is 2.27. The van der Waals surface area contributed by atoms with Gasteiger partial charge in [0.2, 0.25) is 0 Å². The van der Waals surface area contributed by atoms with Gasteiger partial charge in [-0.15, -0.1) is 0 Å². The fraction of sp³-hybridized carbons (Fsp3) is 0.333. The van der Waals surface area contributed by atoms with E-state index in [0.29, 0.717) is 12.2 Å². The summed E-state index contributed by atoms with van der Waals surface area (Å²) >= 11 is 0. The minimum absolute atomic E-state index is 0.0991. The van der Waals surface area contributed by atoms with Crippen molar-refractivity contribution in [2.75, 3.05) is 7.11 Å². The summed E-state index contributed by atoms with van der Waals surface area (Å²) in [5, 5.41) is 0. The van der Waals surface area contributed by atoms with E-state index in [2.05, 4.69) is 0 Å². The molecule has 0 aliphatic rings. The second-order valence-corrected chi connectivity index (χ2v) is 4.95. The Morgan fingerprint density at radius 1 is 1.19 bits per heavy atom. The SMILES string of the molecule is C/C=C(F)/C=C(\C=C(/C)F)[C@H](C)c1ccc(COC)cc1. The van der Waals surface area contributed by atoms with E-state index in [4.69, 9.17) is 4.74 Å². The van der Waals surface area contributed by atoms with Gasteiger partial charge in [0.15, 0.2) is 0 Å². The Hall–Kier alpha value is -1.74. The van der Waals surface area contributed by atoms with Crippen LogP contribution < -0.4 is 0 Å². The molecule has 0 bridgehead atoms. The second-order valence-electron chi connectivity index (χ2n) is 4.95. The summed E-state index contributed by atoms with van der Waals surface area (Å²) in [6.45, 7) is 5.45. The van der Waals surface area contributed by atoms with Crippen LogP contribution in [0.5, 0.6) is 0 Å². The predicted molar refractivity (Wildman–Crippen MR) is 83.4 cm³/mol. The number of hydrogen-bond acceptors (Lipinski definition) is 1. The van der Waals surface area contributed by atoms with E-state index in [1.165, 1.54) is 25.2 Å². The first kappa shape index (κ1) is 17.3. The average Bonchev–Trinajstić information content (AvgIpc) is 2.46. The molecule has 0 heterocycles. The molecule has 0 radical (unpaired) electrons. The number of rotatable bonds is 6. The van der Waals surface area contributed by atoms with Crippen LogP contribution in [0.25, 0.3) is 0 Å². The van der Waals surface area contributed by atoms with E-state index >= 15 is 0 Å². The van der Waals surface area contributed by atoms with Gasteiger partial charge >= 0.3 is 0 Å². The van der Waals surface area contributed by atoms with E-state index < -0.39 is 0 Å². The second kappa shape index (κ2) is 8.53. The van der Waals surface area contributed by atoms with Gasteiger partial charge in [-0.25, -0.2) is 8.78 Å². The molecule has 1 nitrogen and oxygen atoms in total.